The van der Waals surface area contributed by atoms with E-state index in [0.717, 1.165) is 16.8 Å². The van der Waals surface area contributed by atoms with E-state index in [-0.39, 0.29) is 11.9 Å². The van der Waals surface area contributed by atoms with Gasteiger partial charge in [-0.3, -0.25) is 0 Å². The summed E-state index contributed by atoms with van der Waals surface area (Å²) in [7, 11) is 0. The topological polar surface area (TPSA) is 24.1 Å². The van der Waals surface area contributed by atoms with E-state index in [4.69, 9.17) is 23.8 Å². The molecule has 0 saturated heterocycles. The highest BCUT2D eigenvalue weighted by Gasteiger charge is 2.09. The van der Waals surface area contributed by atoms with Crippen molar-refractivity contribution in [3.8, 4) is 0 Å². The predicted molar refractivity (Wildman–Crippen MR) is 90.4 cm³/mol. The predicted octanol–water partition coefficient (Wildman–Crippen LogP) is 4.84. The number of halogens is 2. The molecule has 2 rings (SSSR count). The zero-order valence-corrected chi connectivity index (χ0v) is 13.4. The standard InChI is InChI=1S/C16H16ClFN2S/c1-10-14(17)4-3-5-15(10)20-16(21)19-11(2)12-6-8-13(18)9-7-12/h3-9,11H,1-2H3,(H2,19,20,21)/t11-/m0/s1. The van der Waals surface area contributed by atoms with Gasteiger partial charge in [-0.2, -0.15) is 0 Å². The number of hydrogen-bond acceptors (Lipinski definition) is 1. The normalized spacial score (nSPS) is 11.8. The summed E-state index contributed by atoms with van der Waals surface area (Å²) in [5.74, 6) is -0.249. The van der Waals surface area contributed by atoms with Gasteiger partial charge in [-0.25, -0.2) is 4.39 Å². The van der Waals surface area contributed by atoms with E-state index in [2.05, 4.69) is 10.6 Å². The van der Waals surface area contributed by atoms with Crippen molar-refractivity contribution in [3.63, 3.8) is 0 Å². The SMILES string of the molecule is Cc1c(Cl)cccc1NC(=S)N[C@@H](C)c1ccc(F)cc1. The highest BCUT2D eigenvalue weighted by molar-refractivity contribution is 7.80. The maximum Gasteiger partial charge on any atom is 0.171 e. The van der Waals surface area contributed by atoms with Gasteiger partial charge in [0.15, 0.2) is 5.11 Å². The first kappa shape index (κ1) is 15.7. The minimum absolute atomic E-state index is 0.0231. The molecule has 0 bridgehead atoms. The first-order valence-corrected chi connectivity index (χ1v) is 7.34. The largest absolute Gasteiger partial charge is 0.356 e. The quantitative estimate of drug-likeness (QED) is 0.791. The minimum atomic E-state index is -0.249. The summed E-state index contributed by atoms with van der Waals surface area (Å²) in [6.07, 6.45) is 0. The van der Waals surface area contributed by atoms with Crippen molar-refractivity contribution in [2.75, 3.05) is 5.32 Å². The molecule has 2 nitrogen and oxygen atoms in total. The molecule has 0 fully saturated rings. The van der Waals surface area contributed by atoms with E-state index in [9.17, 15) is 4.39 Å². The minimum Gasteiger partial charge on any atom is -0.356 e. The number of thiocarbonyl (C=S) groups is 1. The van der Waals surface area contributed by atoms with Gasteiger partial charge in [0.25, 0.3) is 0 Å². The number of nitrogens with one attached hydrogen (secondary N) is 2. The molecular formula is C16H16ClFN2S. The molecule has 21 heavy (non-hydrogen) atoms. The van der Waals surface area contributed by atoms with Crippen molar-refractivity contribution >= 4 is 34.6 Å². The average Bonchev–Trinajstić information content (AvgIpc) is 2.44. The van der Waals surface area contributed by atoms with Gasteiger partial charge >= 0.3 is 0 Å². The second-order valence-electron chi connectivity index (χ2n) is 4.78. The van der Waals surface area contributed by atoms with Crippen LogP contribution in [0.15, 0.2) is 42.5 Å². The van der Waals surface area contributed by atoms with Crippen LogP contribution in [0.3, 0.4) is 0 Å². The molecule has 0 heterocycles. The summed E-state index contributed by atoms with van der Waals surface area (Å²) >= 11 is 11.4. The molecule has 0 aliphatic carbocycles. The third-order valence-corrected chi connectivity index (χ3v) is 3.86. The summed E-state index contributed by atoms with van der Waals surface area (Å²) < 4.78 is 12.9. The van der Waals surface area contributed by atoms with Crippen LogP contribution in [-0.2, 0) is 0 Å². The van der Waals surface area contributed by atoms with E-state index < -0.39 is 0 Å². The Hall–Kier alpha value is -1.65. The van der Waals surface area contributed by atoms with Gasteiger partial charge in [0.2, 0.25) is 0 Å². The zero-order valence-electron chi connectivity index (χ0n) is 11.8. The maximum absolute atomic E-state index is 12.9. The lowest BCUT2D eigenvalue weighted by atomic mass is 10.1. The molecular weight excluding hydrogens is 307 g/mol. The number of benzene rings is 2. The van der Waals surface area contributed by atoms with E-state index in [1.807, 2.05) is 32.0 Å². The summed E-state index contributed by atoms with van der Waals surface area (Å²) in [5.41, 5.74) is 2.77. The van der Waals surface area contributed by atoms with E-state index in [1.165, 1.54) is 12.1 Å². The fraction of sp³-hybridized carbons (Fsp3) is 0.188. The zero-order chi connectivity index (χ0) is 15.4. The fourth-order valence-electron chi connectivity index (χ4n) is 1.93. The van der Waals surface area contributed by atoms with E-state index >= 15 is 0 Å². The summed E-state index contributed by atoms with van der Waals surface area (Å²) in [4.78, 5) is 0. The molecule has 0 aromatic heterocycles. The number of anilines is 1. The van der Waals surface area contributed by atoms with E-state index in [0.29, 0.717) is 10.1 Å². The van der Waals surface area contributed by atoms with Crippen LogP contribution in [0.2, 0.25) is 5.02 Å². The van der Waals surface area contributed by atoms with Crippen LogP contribution >= 0.6 is 23.8 Å². The molecule has 2 aromatic rings. The highest BCUT2D eigenvalue weighted by atomic mass is 35.5. The van der Waals surface area contributed by atoms with Crippen LogP contribution in [0.1, 0.15) is 24.1 Å². The van der Waals surface area contributed by atoms with Crippen molar-refractivity contribution in [1.29, 1.82) is 0 Å². The summed E-state index contributed by atoms with van der Waals surface area (Å²) in [5, 5.41) is 7.48. The van der Waals surface area contributed by atoms with Gasteiger partial charge in [0, 0.05) is 10.7 Å². The van der Waals surface area contributed by atoms with Gasteiger partial charge in [-0.1, -0.05) is 29.8 Å². The first-order chi connectivity index (χ1) is 9.97. The van der Waals surface area contributed by atoms with Crippen LogP contribution in [0.4, 0.5) is 10.1 Å². The van der Waals surface area contributed by atoms with Crippen LogP contribution in [0.25, 0.3) is 0 Å². The van der Waals surface area contributed by atoms with Gasteiger partial charge < -0.3 is 10.6 Å². The van der Waals surface area contributed by atoms with E-state index in [1.54, 1.807) is 12.1 Å². The first-order valence-electron chi connectivity index (χ1n) is 6.55. The van der Waals surface area contributed by atoms with Crippen LogP contribution in [0.5, 0.6) is 0 Å². The Morgan fingerprint density at radius 2 is 1.86 bits per heavy atom. The third kappa shape index (κ3) is 4.16. The van der Waals surface area contributed by atoms with Gasteiger partial charge in [-0.15, -0.1) is 0 Å². The molecule has 5 heteroatoms. The Labute approximate surface area is 134 Å². The van der Waals surface area contributed by atoms with Crippen molar-refractivity contribution in [1.82, 2.24) is 5.32 Å². The molecule has 0 aliphatic rings. The Kier molecular flexibility index (Phi) is 5.15. The average molecular weight is 323 g/mol. The molecule has 2 N–H and O–H groups in total. The van der Waals surface area contributed by atoms with Crippen LogP contribution in [-0.4, -0.2) is 5.11 Å². The van der Waals surface area contributed by atoms with Crippen molar-refractivity contribution < 1.29 is 4.39 Å². The Morgan fingerprint density at radius 3 is 2.52 bits per heavy atom. The molecule has 0 amide bonds. The van der Waals surface area contributed by atoms with Crippen molar-refractivity contribution in [3.05, 3.63) is 64.4 Å². The second kappa shape index (κ2) is 6.87. The molecule has 110 valence electrons. The molecule has 1 atom stereocenters. The lowest BCUT2D eigenvalue weighted by Gasteiger charge is -2.18. The lowest BCUT2D eigenvalue weighted by Crippen LogP contribution is -2.31. The Bertz CT molecular complexity index is 643. The Morgan fingerprint density at radius 1 is 1.19 bits per heavy atom. The third-order valence-electron chi connectivity index (χ3n) is 3.23. The fourth-order valence-corrected chi connectivity index (χ4v) is 2.39. The van der Waals surface area contributed by atoms with Crippen LogP contribution < -0.4 is 10.6 Å². The lowest BCUT2D eigenvalue weighted by molar-refractivity contribution is 0.624. The Balaban J connectivity index is 2.01. The van der Waals surface area contributed by atoms with Crippen LogP contribution in [0, 0.1) is 12.7 Å². The molecule has 2 aromatic carbocycles. The van der Waals surface area contributed by atoms with Crippen molar-refractivity contribution in [2.45, 2.75) is 19.9 Å². The van der Waals surface area contributed by atoms with Gasteiger partial charge in [0.1, 0.15) is 5.82 Å². The smallest absolute Gasteiger partial charge is 0.171 e. The second-order valence-corrected chi connectivity index (χ2v) is 5.60. The molecule has 0 radical (unpaired) electrons. The highest BCUT2D eigenvalue weighted by Crippen LogP contribution is 2.23. The van der Waals surface area contributed by atoms with Crippen molar-refractivity contribution in [2.24, 2.45) is 0 Å². The summed E-state index contributed by atoms with van der Waals surface area (Å²) in [6, 6.07) is 11.9. The number of rotatable bonds is 3. The number of hydrogen-bond donors (Lipinski definition) is 2. The van der Waals surface area contributed by atoms with Gasteiger partial charge in [0.05, 0.1) is 6.04 Å². The molecule has 0 saturated carbocycles. The van der Waals surface area contributed by atoms with Gasteiger partial charge in [-0.05, 0) is 61.5 Å². The molecule has 0 unspecified atom stereocenters. The maximum atomic E-state index is 12.9. The molecule has 0 aliphatic heterocycles. The molecule has 0 spiro atoms. The monoisotopic (exact) mass is 322 g/mol. The summed E-state index contributed by atoms with van der Waals surface area (Å²) in [6.45, 7) is 3.89.